The number of fused-ring (bicyclic) bond motifs is 1. The largest absolute Gasteiger partial charge is 0.490 e. The number of ether oxygens (including phenoxy) is 2. The molecule has 0 N–H and O–H groups in total. The second-order valence-corrected chi connectivity index (χ2v) is 11.6. The van der Waals surface area contributed by atoms with Crippen LogP contribution in [0.15, 0.2) is 59.7 Å². The number of rotatable bonds is 4. The molecule has 0 saturated heterocycles. The summed E-state index contributed by atoms with van der Waals surface area (Å²) < 4.78 is 50.3. The Bertz CT molecular complexity index is 1260. The fraction of sp³-hybridized carbons (Fsp3) is 0.467. The number of alkyl halides is 3. The minimum absolute atomic E-state index is 0.0991. The van der Waals surface area contributed by atoms with Crippen LogP contribution < -0.4 is 9.64 Å². The van der Waals surface area contributed by atoms with Crippen molar-refractivity contribution in [2.24, 2.45) is 10.9 Å². The van der Waals surface area contributed by atoms with Crippen molar-refractivity contribution in [3.63, 3.8) is 0 Å². The van der Waals surface area contributed by atoms with Gasteiger partial charge in [-0.2, -0.15) is 13.2 Å². The summed E-state index contributed by atoms with van der Waals surface area (Å²) in [5.41, 5.74) is 1.25. The first-order valence-corrected chi connectivity index (χ1v) is 13.7. The molecule has 4 rings (SSSR count). The number of carbonyl (C=O) groups is 1. The van der Waals surface area contributed by atoms with Crippen LogP contribution in [0.2, 0.25) is 5.02 Å². The average Bonchev–Trinajstić information content (AvgIpc) is 3.04. The molecule has 216 valence electrons. The molecule has 0 bridgehead atoms. The summed E-state index contributed by atoms with van der Waals surface area (Å²) in [4.78, 5) is 21.2. The molecule has 1 heterocycles. The molecule has 0 aromatic heterocycles. The minimum atomic E-state index is -4.38. The van der Waals surface area contributed by atoms with E-state index >= 15 is 0 Å². The molecule has 6 nitrogen and oxygen atoms in total. The van der Waals surface area contributed by atoms with Crippen LogP contribution in [0.4, 0.5) is 23.7 Å². The summed E-state index contributed by atoms with van der Waals surface area (Å²) >= 11 is 6.35. The number of carbonyl (C=O) groups excluding carboxylic acids is 1. The van der Waals surface area contributed by atoms with Gasteiger partial charge in [-0.1, -0.05) is 18.2 Å². The normalized spacial score (nSPS) is 21.1. The van der Waals surface area contributed by atoms with Gasteiger partial charge in [0.05, 0.1) is 30.4 Å². The Morgan fingerprint density at radius 3 is 2.25 bits per heavy atom. The summed E-state index contributed by atoms with van der Waals surface area (Å²) in [6, 6.07) is 10.4. The van der Waals surface area contributed by atoms with Gasteiger partial charge in [-0.15, -0.1) is 0 Å². The topological polar surface area (TPSA) is 54.4 Å². The first-order chi connectivity index (χ1) is 18.7. The number of anilines is 1. The van der Waals surface area contributed by atoms with E-state index < -0.39 is 23.4 Å². The van der Waals surface area contributed by atoms with Crippen LogP contribution in [0.25, 0.3) is 0 Å². The third-order valence-corrected chi connectivity index (χ3v) is 7.30. The van der Waals surface area contributed by atoms with E-state index in [1.807, 2.05) is 43.9 Å². The number of halogens is 4. The summed E-state index contributed by atoms with van der Waals surface area (Å²) in [5, 5.41) is 0.561. The summed E-state index contributed by atoms with van der Waals surface area (Å²) in [7, 11) is 1.69. The van der Waals surface area contributed by atoms with Gasteiger partial charge in [0.25, 0.3) is 0 Å². The molecule has 40 heavy (non-hydrogen) atoms. The van der Waals surface area contributed by atoms with Crippen molar-refractivity contribution in [2.45, 2.75) is 70.9 Å². The van der Waals surface area contributed by atoms with E-state index in [1.165, 1.54) is 12.1 Å². The lowest BCUT2D eigenvalue weighted by Crippen LogP contribution is -2.43. The molecule has 10 heteroatoms. The Kier molecular flexibility index (Phi) is 8.73. The Morgan fingerprint density at radius 2 is 1.68 bits per heavy atom. The van der Waals surface area contributed by atoms with Crippen LogP contribution in [-0.4, -0.2) is 42.1 Å². The highest BCUT2D eigenvalue weighted by Crippen LogP contribution is 2.39. The molecule has 2 aromatic rings. The number of hydrogen-bond acceptors (Lipinski definition) is 4. The monoisotopic (exact) mass is 577 g/mol. The highest BCUT2D eigenvalue weighted by atomic mass is 35.5. The minimum Gasteiger partial charge on any atom is -0.490 e. The molecule has 2 aliphatic rings. The maximum absolute atomic E-state index is 13.1. The van der Waals surface area contributed by atoms with E-state index in [-0.39, 0.29) is 18.6 Å². The number of aliphatic imine (C=N–C) groups is 1. The van der Waals surface area contributed by atoms with Crippen LogP contribution in [0, 0.1) is 5.92 Å². The summed E-state index contributed by atoms with van der Waals surface area (Å²) in [6.07, 6.45) is -1.87. The number of hydrogen-bond donors (Lipinski definition) is 0. The van der Waals surface area contributed by atoms with E-state index in [0.29, 0.717) is 23.2 Å². The van der Waals surface area contributed by atoms with Crippen molar-refractivity contribution in [2.75, 3.05) is 18.5 Å². The van der Waals surface area contributed by atoms with Gasteiger partial charge in [0.2, 0.25) is 0 Å². The molecule has 0 spiro atoms. The van der Waals surface area contributed by atoms with Gasteiger partial charge in [-0.25, -0.2) is 4.79 Å². The zero-order valence-electron chi connectivity index (χ0n) is 23.2. The molecule has 1 saturated carbocycles. The number of allylic oxidation sites excluding steroid dienone is 1. The zero-order valence-corrected chi connectivity index (χ0v) is 24.0. The van der Waals surface area contributed by atoms with E-state index in [9.17, 15) is 18.0 Å². The van der Waals surface area contributed by atoms with E-state index in [2.05, 4.69) is 11.6 Å². The molecule has 1 amide bonds. The maximum Gasteiger partial charge on any atom is 0.416 e. The van der Waals surface area contributed by atoms with E-state index in [4.69, 9.17) is 21.1 Å². The standard InChI is InChI=1S/C30H35ClF3N3O3/c1-19(20-6-11-24(12-7-20)39-25-13-8-22(9-14-25)30(32,33)34)37-26-15-10-23(31)16-21(26)17-36(18-27(37)35-5)28(38)40-29(2,3)4/h8-10,13-16,20,24H,1,6-7,11-12,17-18H2,2-5H3. The first-order valence-electron chi connectivity index (χ1n) is 13.3. The molecule has 2 aromatic carbocycles. The molecule has 0 radical (unpaired) electrons. The lowest BCUT2D eigenvalue weighted by Gasteiger charge is -2.36. The van der Waals surface area contributed by atoms with Gasteiger partial charge < -0.3 is 14.4 Å². The number of amidine groups is 1. The highest BCUT2D eigenvalue weighted by Gasteiger charge is 2.35. The quantitative estimate of drug-likeness (QED) is 0.368. The van der Waals surface area contributed by atoms with Crippen LogP contribution in [0.1, 0.15) is 57.6 Å². The van der Waals surface area contributed by atoms with Crippen molar-refractivity contribution in [1.29, 1.82) is 0 Å². The Labute approximate surface area is 238 Å². The second-order valence-electron chi connectivity index (χ2n) is 11.2. The predicted molar refractivity (Wildman–Crippen MR) is 151 cm³/mol. The fourth-order valence-corrected chi connectivity index (χ4v) is 5.29. The van der Waals surface area contributed by atoms with Crippen LogP contribution >= 0.6 is 11.6 Å². The molecular weight excluding hydrogens is 543 g/mol. The Hall–Kier alpha value is -3.20. The van der Waals surface area contributed by atoms with Gasteiger partial charge in [-0.3, -0.25) is 9.89 Å². The van der Waals surface area contributed by atoms with Gasteiger partial charge in [0, 0.05) is 17.8 Å². The Balaban J connectivity index is 1.49. The van der Waals surface area contributed by atoms with Crippen LogP contribution in [0.5, 0.6) is 5.75 Å². The zero-order chi connectivity index (χ0) is 29.2. The molecule has 1 aliphatic carbocycles. The van der Waals surface area contributed by atoms with Crippen molar-refractivity contribution < 1.29 is 27.4 Å². The second kappa shape index (κ2) is 11.7. The lowest BCUT2D eigenvalue weighted by molar-refractivity contribution is -0.137. The van der Waals surface area contributed by atoms with E-state index in [0.717, 1.165) is 54.8 Å². The molecule has 1 aliphatic heterocycles. The number of nitrogens with zero attached hydrogens (tertiary/aromatic N) is 3. The highest BCUT2D eigenvalue weighted by molar-refractivity contribution is 6.30. The molecule has 0 atom stereocenters. The molecule has 1 fully saturated rings. The molecular formula is C30H35ClF3N3O3. The summed E-state index contributed by atoms with van der Waals surface area (Å²) in [5.74, 6) is 1.22. The number of amides is 1. The fourth-order valence-electron chi connectivity index (χ4n) is 5.10. The van der Waals surface area contributed by atoms with Gasteiger partial charge in [-0.05, 0) is 100 Å². The number of benzene rings is 2. The van der Waals surface area contributed by atoms with Crippen molar-refractivity contribution in [3.05, 3.63) is 70.9 Å². The Morgan fingerprint density at radius 1 is 1.02 bits per heavy atom. The SMILES string of the molecule is C=C(C1CCC(Oc2ccc(C(F)(F)F)cc2)CC1)N1C(=NC)CN(C(=O)OC(C)(C)C)Cc2cc(Cl)ccc21. The summed E-state index contributed by atoms with van der Waals surface area (Å²) in [6.45, 7) is 10.5. The predicted octanol–water partition coefficient (Wildman–Crippen LogP) is 8.10. The lowest BCUT2D eigenvalue weighted by atomic mass is 9.84. The third-order valence-electron chi connectivity index (χ3n) is 7.06. The third kappa shape index (κ3) is 7.11. The van der Waals surface area contributed by atoms with Crippen molar-refractivity contribution in [3.8, 4) is 5.75 Å². The van der Waals surface area contributed by atoms with Crippen molar-refractivity contribution in [1.82, 2.24) is 4.90 Å². The van der Waals surface area contributed by atoms with Crippen molar-refractivity contribution >= 4 is 29.2 Å². The van der Waals surface area contributed by atoms with Gasteiger partial charge in [0.15, 0.2) is 0 Å². The van der Waals surface area contributed by atoms with Gasteiger partial charge in [0.1, 0.15) is 17.2 Å². The van der Waals surface area contributed by atoms with Crippen LogP contribution in [-0.2, 0) is 17.5 Å². The average molecular weight is 578 g/mol. The smallest absolute Gasteiger partial charge is 0.416 e. The maximum atomic E-state index is 13.1. The first kappa shape index (κ1) is 29.8. The van der Waals surface area contributed by atoms with Gasteiger partial charge >= 0.3 is 12.3 Å². The van der Waals surface area contributed by atoms with Crippen LogP contribution in [0.3, 0.4) is 0 Å². The van der Waals surface area contributed by atoms with E-state index in [1.54, 1.807) is 11.9 Å². The molecule has 0 unspecified atom stereocenters.